The first-order valence-corrected chi connectivity index (χ1v) is 10.2. The third-order valence-corrected chi connectivity index (χ3v) is 6.20. The van der Waals surface area contributed by atoms with E-state index >= 15 is 0 Å². The maximum Gasteiger partial charge on any atom is 0.294 e. The highest BCUT2D eigenvalue weighted by molar-refractivity contribution is 6.13. The van der Waals surface area contributed by atoms with Gasteiger partial charge in [0.05, 0.1) is 23.5 Å². The normalized spacial score (nSPS) is 27.3. The Morgan fingerprint density at radius 3 is 2.70 bits per heavy atom. The van der Waals surface area contributed by atoms with Crippen LogP contribution in [0.2, 0.25) is 0 Å². The maximum absolute atomic E-state index is 13.0. The first-order chi connectivity index (χ1) is 14.3. The minimum absolute atomic E-state index is 0.0664. The standard InChI is InChI=1S/C22H29FN4O3/c1-4-15(6-5-14(2)23)11-25-19(29)17-12-26-21-22(24-3)9-7-16(8-10-22)13-27(21)20(30)18(17)28/h4-6,16,24,28H,1,7-13H2,2-3H3,(H,25,29)/b14-5+,15-6+. The molecule has 0 atom stereocenters. The number of aliphatic imine (C=N–C) groups is 1. The van der Waals surface area contributed by atoms with Crippen LogP contribution in [0.5, 0.6) is 0 Å². The first-order valence-electron chi connectivity index (χ1n) is 10.2. The average molecular weight is 416 g/mol. The lowest BCUT2D eigenvalue weighted by molar-refractivity contribution is -0.127. The van der Waals surface area contributed by atoms with Crippen LogP contribution in [0.25, 0.3) is 0 Å². The summed E-state index contributed by atoms with van der Waals surface area (Å²) < 4.78 is 12.9. The molecule has 2 saturated heterocycles. The summed E-state index contributed by atoms with van der Waals surface area (Å²) in [7, 11) is 1.86. The zero-order valence-electron chi connectivity index (χ0n) is 17.5. The van der Waals surface area contributed by atoms with Crippen molar-refractivity contribution in [3.8, 4) is 0 Å². The summed E-state index contributed by atoms with van der Waals surface area (Å²) >= 11 is 0. The van der Waals surface area contributed by atoms with E-state index in [-0.39, 0.29) is 24.5 Å². The predicted octanol–water partition coefficient (Wildman–Crippen LogP) is 2.30. The third-order valence-electron chi connectivity index (χ3n) is 6.20. The molecule has 0 radical (unpaired) electrons. The van der Waals surface area contributed by atoms with Gasteiger partial charge in [-0.1, -0.05) is 18.7 Å². The van der Waals surface area contributed by atoms with E-state index in [1.165, 1.54) is 25.2 Å². The van der Waals surface area contributed by atoms with E-state index in [0.717, 1.165) is 25.7 Å². The molecule has 0 aromatic rings. The molecule has 2 bridgehead atoms. The molecule has 7 nitrogen and oxygen atoms in total. The molecule has 0 aromatic heterocycles. The van der Waals surface area contributed by atoms with Crippen LogP contribution in [-0.2, 0) is 9.59 Å². The van der Waals surface area contributed by atoms with Gasteiger partial charge in [0.15, 0.2) is 5.76 Å². The van der Waals surface area contributed by atoms with E-state index in [2.05, 4.69) is 22.2 Å². The molecule has 1 aliphatic carbocycles. The first kappa shape index (κ1) is 22.0. The predicted molar refractivity (Wildman–Crippen MR) is 114 cm³/mol. The smallest absolute Gasteiger partial charge is 0.294 e. The van der Waals surface area contributed by atoms with Gasteiger partial charge in [-0.2, -0.15) is 0 Å². The summed E-state index contributed by atoms with van der Waals surface area (Å²) in [5.74, 6) is -1.13. The molecule has 0 unspecified atom stereocenters. The average Bonchev–Trinajstić information content (AvgIpc) is 3.05. The van der Waals surface area contributed by atoms with Crippen LogP contribution in [0, 0.1) is 5.92 Å². The molecule has 30 heavy (non-hydrogen) atoms. The van der Waals surface area contributed by atoms with E-state index in [1.807, 2.05) is 7.05 Å². The summed E-state index contributed by atoms with van der Waals surface area (Å²) in [5.41, 5.74) is 0.111. The van der Waals surface area contributed by atoms with Crippen LogP contribution in [0.4, 0.5) is 4.39 Å². The molecule has 3 fully saturated rings. The number of carbonyl (C=O) groups is 2. The van der Waals surface area contributed by atoms with E-state index in [9.17, 15) is 19.1 Å². The molecule has 1 saturated carbocycles. The summed E-state index contributed by atoms with van der Waals surface area (Å²) in [6.45, 7) is 5.46. The molecular formula is C22H29FN4O3. The molecular weight excluding hydrogens is 387 g/mol. The van der Waals surface area contributed by atoms with Crippen molar-refractivity contribution in [2.24, 2.45) is 10.9 Å². The second-order valence-electron chi connectivity index (χ2n) is 8.04. The van der Waals surface area contributed by atoms with Gasteiger partial charge in [-0.15, -0.1) is 0 Å². The van der Waals surface area contributed by atoms with Crippen molar-refractivity contribution in [2.45, 2.75) is 38.1 Å². The number of nitrogens with one attached hydrogen (secondary N) is 2. The second-order valence-corrected chi connectivity index (χ2v) is 8.04. The Kier molecular flexibility index (Phi) is 6.55. The molecule has 3 N–H and O–H groups in total. The summed E-state index contributed by atoms with van der Waals surface area (Å²) in [6.07, 6.45) is 8.00. The van der Waals surface area contributed by atoms with Gasteiger partial charge in [-0.3, -0.25) is 19.5 Å². The molecule has 8 heteroatoms. The van der Waals surface area contributed by atoms with Crippen molar-refractivity contribution in [3.63, 3.8) is 0 Å². The number of nitrogens with zero attached hydrogens (tertiary/aromatic N) is 2. The fourth-order valence-corrected chi connectivity index (χ4v) is 4.33. The Morgan fingerprint density at radius 1 is 1.40 bits per heavy atom. The van der Waals surface area contributed by atoms with E-state index in [4.69, 9.17) is 0 Å². The highest BCUT2D eigenvalue weighted by atomic mass is 19.1. The summed E-state index contributed by atoms with van der Waals surface area (Å²) in [5, 5.41) is 16.6. The van der Waals surface area contributed by atoms with Gasteiger partial charge in [0.1, 0.15) is 5.84 Å². The Labute approximate surface area is 176 Å². The number of fused-ring (bicyclic) bond motifs is 2. The van der Waals surface area contributed by atoms with Crippen LogP contribution in [0.15, 0.2) is 52.5 Å². The summed E-state index contributed by atoms with van der Waals surface area (Å²) in [4.78, 5) is 31.9. The fourth-order valence-electron chi connectivity index (χ4n) is 4.33. The number of halogens is 1. The van der Waals surface area contributed by atoms with Gasteiger partial charge >= 0.3 is 0 Å². The molecule has 3 aliphatic heterocycles. The SMILES string of the molecule is C=C/C(=C\C=C(/C)F)CNC(=O)C1=C(O)C(=O)N2CC3CCC(NC)(CC3)C2=NC1. The largest absolute Gasteiger partial charge is 0.503 e. The molecule has 3 heterocycles. The highest BCUT2D eigenvalue weighted by Crippen LogP contribution is 2.39. The van der Waals surface area contributed by atoms with Gasteiger partial charge in [0, 0.05) is 13.1 Å². The Hall–Kier alpha value is -2.74. The van der Waals surface area contributed by atoms with Gasteiger partial charge in [-0.25, -0.2) is 4.39 Å². The number of amides is 2. The lowest BCUT2D eigenvalue weighted by Gasteiger charge is -2.37. The number of amidine groups is 1. The van der Waals surface area contributed by atoms with Crippen molar-refractivity contribution < 1.29 is 19.1 Å². The number of hydrogen-bond acceptors (Lipinski definition) is 5. The number of rotatable bonds is 6. The van der Waals surface area contributed by atoms with E-state index < -0.39 is 23.1 Å². The topological polar surface area (TPSA) is 94.0 Å². The highest BCUT2D eigenvalue weighted by Gasteiger charge is 2.48. The number of hydrogen-bond donors (Lipinski definition) is 3. The van der Waals surface area contributed by atoms with Crippen molar-refractivity contribution >= 4 is 17.6 Å². The van der Waals surface area contributed by atoms with Crippen molar-refractivity contribution in [3.05, 3.63) is 47.5 Å². The lowest BCUT2D eigenvalue weighted by atomic mass is 9.78. The molecule has 4 rings (SSSR count). The Bertz CT molecular complexity index is 860. The Balaban J connectivity index is 1.83. The third kappa shape index (κ3) is 4.23. The molecule has 2 amide bonds. The van der Waals surface area contributed by atoms with Crippen LogP contribution < -0.4 is 10.6 Å². The quantitative estimate of drug-likeness (QED) is 0.579. The lowest BCUT2D eigenvalue weighted by Crippen LogP contribution is -2.56. The van der Waals surface area contributed by atoms with Crippen molar-refractivity contribution in [1.82, 2.24) is 15.5 Å². The number of aliphatic hydroxyl groups excluding tert-OH is 1. The minimum atomic E-state index is -0.583. The molecule has 162 valence electrons. The number of allylic oxidation sites excluding steroid dienone is 3. The Morgan fingerprint density at radius 2 is 2.10 bits per heavy atom. The zero-order valence-corrected chi connectivity index (χ0v) is 17.5. The van der Waals surface area contributed by atoms with Gasteiger partial charge < -0.3 is 15.7 Å². The zero-order chi connectivity index (χ0) is 21.9. The molecule has 4 aliphatic rings. The fraction of sp³-hybridized carbons (Fsp3) is 0.500. The summed E-state index contributed by atoms with van der Waals surface area (Å²) in [6, 6.07) is 0. The van der Waals surface area contributed by atoms with Gasteiger partial charge in [0.2, 0.25) is 0 Å². The van der Waals surface area contributed by atoms with Crippen molar-refractivity contribution in [2.75, 3.05) is 26.7 Å². The maximum atomic E-state index is 13.0. The molecule has 0 spiro atoms. The minimum Gasteiger partial charge on any atom is -0.503 e. The number of carbonyl (C=O) groups excluding carboxylic acids is 2. The number of likely N-dealkylation sites (N-methyl/N-ethyl adjacent to an activating group) is 1. The second kappa shape index (κ2) is 8.95. The van der Waals surface area contributed by atoms with Crippen LogP contribution >= 0.6 is 0 Å². The van der Waals surface area contributed by atoms with Gasteiger partial charge in [-0.05, 0) is 57.2 Å². The van der Waals surface area contributed by atoms with Crippen LogP contribution in [0.1, 0.15) is 32.6 Å². The van der Waals surface area contributed by atoms with Crippen LogP contribution in [0.3, 0.4) is 0 Å². The molecule has 0 aromatic carbocycles. The van der Waals surface area contributed by atoms with E-state index in [1.54, 1.807) is 4.90 Å². The van der Waals surface area contributed by atoms with Gasteiger partial charge in [0.25, 0.3) is 11.8 Å². The number of aliphatic hydroxyl groups is 1. The van der Waals surface area contributed by atoms with E-state index in [0.29, 0.717) is 23.9 Å². The van der Waals surface area contributed by atoms with Crippen LogP contribution in [-0.4, -0.2) is 59.9 Å². The van der Waals surface area contributed by atoms with Crippen molar-refractivity contribution in [1.29, 1.82) is 0 Å². The monoisotopic (exact) mass is 416 g/mol.